The van der Waals surface area contributed by atoms with Crippen molar-refractivity contribution < 1.29 is 33.3 Å². The molecule has 0 heterocycles. The van der Waals surface area contributed by atoms with Crippen LogP contribution in [0.3, 0.4) is 0 Å². The topological polar surface area (TPSA) is 104 Å². The molecule has 2 rings (SSSR count). The third kappa shape index (κ3) is 7.08. The lowest BCUT2D eigenvalue weighted by molar-refractivity contribution is -0.138. The normalized spacial score (nSPS) is 10.6. The number of benzene rings is 2. The summed E-state index contributed by atoms with van der Waals surface area (Å²) in [6, 6.07) is 13.3. The molecule has 0 aliphatic rings. The number of ether oxygens (including phenoxy) is 5. The zero-order valence-electron chi connectivity index (χ0n) is 17.5. The number of esters is 2. The van der Waals surface area contributed by atoms with Gasteiger partial charge in [-0.1, -0.05) is 6.07 Å². The Balaban J connectivity index is 2.10. The van der Waals surface area contributed by atoms with Gasteiger partial charge in [0, 0.05) is 0 Å². The number of carbonyl (C=O) groups is 2. The highest BCUT2D eigenvalue weighted by Gasteiger charge is 2.14. The molecule has 0 atom stereocenters. The average molecular weight is 425 g/mol. The minimum atomic E-state index is -0.714. The first-order chi connectivity index (χ1) is 15.0. The van der Waals surface area contributed by atoms with E-state index in [9.17, 15) is 14.9 Å². The standard InChI is InChI=1S/C23H23NO7/c1-4-28-21-13-16(12-17(14-24)23(26)29-5-2)6-11-20(21)31-22(25)15-30-19-9-7-18(27-3)8-10-19/h6-13H,4-5,15H2,1-3H3/b17-12+. The molecule has 0 saturated heterocycles. The quantitative estimate of drug-likeness (QED) is 0.246. The van der Waals surface area contributed by atoms with Crippen molar-refractivity contribution in [1.29, 1.82) is 5.26 Å². The highest BCUT2D eigenvalue weighted by molar-refractivity contribution is 5.98. The Kier molecular flexibility index (Phi) is 8.92. The van der Waals surface area contributed by atoms with E-state index in [1.54, 1.807) is 57.4 Å². The Morgan fingerprint density at radius 2 is 1.68 bits per heavy atom. The molecule has 162 valence electrons. The fourth-order valence-corrected chi connectivity index (χ4v) is 2.45. The van der Waals surface area contributed by atoms with Crippen LogP contribution in [0.15, 0.2) is 48.0 Å². The molecule has 8 nitrogen and oxygen atoms in total. The van der Waals surface area contributed by atoms with Gasteiger partial charge in [-0.3, -0.25) is 0 Å². The van der Waals surface area contributed by atoms with E-state index < -0.39 is 11.9 Å². The average Bonchev–Trinajstić information content (AvgIpc) is 2.78. The van der Waals surface area contributed by atoms with Crippen LogP contribution in [0.25, 0.3) is 6.08 Å². The molecule has 0 saturated carbocycles. The largest absolute Gasteiger partial charge is 0.497 e. The maximum atomic E-state index is 12.2. The second kappa shape index (κ2) is 11.9. The van der Waals surface area contributed by atoms with Gasteiger partial charge in [-0.2, -0.15) is 5.26 Å². The third-order valence-corrected chi connectivity index (χ3v) is 3.83. The Hall–Kier alpha value is -3.99. The van der Waals surface area contributed by atoms with E-state index in [0.29, 0.717) is 23.7 Å². The van der Waals surface area contributed by atoms with Crippen molar-refractivity contribution >= 4 is 18.0 Å². The van der Waals surface area contributed by atoms with E-state index in [0.717, 1.165) is 0 Å². The lowest BCUT2D eigenvalue weighted by Gasteiger charge is -2.12. The van der Waals surface area contributed by atoms with Gasteiger partial charge in [-0.25, -0.2) is 9.59 Å². The Morgan fingerprint density at radius 1 is 0.968 bits per heavy atom. The van der Waals surface area contributed by atoms with Crippen molar-refractivity contribution in [2.75, 3.05) is 26.9 Å². The molecule has 8 heteroatoms. The van der Waals surface area contributed by atoms with Crippen molar-refractivity contribution in [3.8, 4) is 29.1 Å². The number of methoxy groups -OCH3 is 1. The predicted molar refractivity (Wildman–Crippen MR) is 112 cm³/mol. The van der Waals surface area contributed by atoms with Gasteiger partial charge in [0.15, 0.2) is 18.1 Å². The number of nitriles is 1. The second-order valence-electron chi connectivity index (χ2n) is 5.97. The van der Waals surface area contributed by atoms with Crippen LogP contribution in [0, 0.1) is 11.3 Å². The monoisotopic (exact) mass is 425 g/mol. The minimum Gasteiger partial charge on any atom is -0.497 e. The van der Waals surface area contributed by atoms with Crippen molar-refractivity contribution in [3.05, 3.63) is 53.6 Å². The summed E-state index contributed by atoms with van der Waals surface area (Å²) in [6.07, 6.45) is 1.37. The van der Waals surface area contributed by atoms with Crippen molar-refractivity contribution in [2.45, 2.75) is 13.8 Å². The van der Waals surface area contributed by atoms with Gasteiger partial charge in [0.1, 0.15) is 23.1 Å². The van der Waals surface area contributed by atoms with E-state index in [-0.39, 0.29) is 30.3 Å². The van der Waals surface area contributed by atoms with Crippen LogP contribution < -0.4 is 18.9 Å². The molecule has 0 aromatic heterocycles. The summed E-state index contributed by atoms with van der Waals surface area (Å²) in [5, 5.41) is 9.17. The number of nitrogens with zero attached hydrogens (tertiary/aromatic N) is 1. The molecule has 0 amide bonds. The molecule has 31 heavy (non-hydrogen) atoms. The van der Waals surface area contributed by atoms with Gasteiger partial charge in [-0.15, -0.1) is 0 Å². The highest BCUT2D eigenvalue weighted by Crippen LogP contribution is 2.30. The van der Waals surface area contributed by atoms with Crippen LogP contribution in [0.5, 0.6) is 23.0 Å². The SMILES string of the molecule is CCOC(=O)/C(C#N)=C/c1ccc(OC(=O)COc2ccc(OC)cc2)c(OCC)c1. The molecular formula is C23H23NO7. The first-order valence-corrected chi connectivity index (χ1v) is 9.54. The van der Waals surface area contributed by atoms with E-state index in [1.807, 2.05) is 6.07 Å². The van der Waals surface area contributed by atoms with Crippen LogP contribution in [-0.4, -0.2) is 38.9 Å². The van der Waals surface area contributed by atoms with Crippen molar-refractivity contribution in [3.63, 3.8) is 0 Å². The molecule has 2 aromatic carbocycles. The first-order valence-electron chi connectivity index (χ1n) is 9.54. The predicted octanol–water partition coefficient (Wildman–Crippen LogP) is 3.55. The molecule has 0 unspecified atom stereocenters. The van der Waals surface area contributed by atoms with Gasteiger partial charge in [0.25, 0.3) is 0 Å². The van der Waals surface area contributed by atoms with Gasteiger partial charge in [-0.05, 0) is 61.9 Å². The van der Waals surface area contributed by atoms with Crippen molar-refractivity contribution in [1.82, 2.24) is 0 Å². The summed E-state index contributed by atoms with van der Waals surface area (Å²) in [6.45, 7) is 3.61. The minimum absolute atomic E-state index is 0.151. The molecule has 2 aromatic rings. The Bertz CT molecular complexity index is 974. The van der Waals surface area contributed by atoms with Gasteiger partial charge in [0.05, 0.1) is 20.3 Å². The highest BCUT2D eigenvalue weighted by atomic mass is 16.6. The zero-order chi connectivity index (χ0) is 22.6. The molecule has 0 fully saturated rings. The molecule has 0 N–H and O–H groups in total. The van der Waals surface area contributed by atoms with E-state index in [1.165, 1.54) is 12.1 Å². The van der Waals surface area contributed by atoms with E-state index >= 15 is 0 Å². The summed E-state index contributed by atoms with van der Waals surface area (Å²) < 4.78 is 26.2. The number of hydrogen-bond donors (Lipinski definition) is 0. The third-order valence-electron chi connectivity index (χ3n) is 3.83. The van der Waals surface area contributed by atoms with Crippen LogP contribution in [0.1, 0.15) is 19.4 Å². The van der Waals surface area contributed by atoms with Gasteiger partial charge < -0.3 is 23.7 Å². The Morgan fingerprint density at radius 3 is 2.29 bits per heavy atom. The second-order valence-corrected chi connectivity index (χ2v) is 5.97. The Labute approximate surface area is 180 Å². The van der Waals surface area contributed by atoms with Crippen LogP contribution in [-0.2, 0) is 14.3 Å². The number of hydrogen-bond acceptors (Lipinski definition) is 8. The zero-order valence-corrected chi connectivity index (χ0v) is 17.5. The lowest BCUT2D eigenvalue weighted by atomic mass is 10.1. The smallest absolute Gasteiger partial charge is 0.349 e. The maximum absolute atomic E-state index is 12.2. The van der Waals surface area contributed by atoms with Crippen LogP contribution in [0.2, 0.25) is 0 Å². The molecule has 0 bridgehead atoms. The summed E-state index contributed by atoms with van der Waals surface area (Å²) in [4.78, 5) is 24.0. The fourth-order valence-electron chi connectivity index (χ4n) is 2.45. The summed E-state index contributed by atoms with van der Waals surface area (Å²) >= 11 is 0. The van der Waals surface area contributed by atoms with E-state index in [4.69, 9.17) is 23.7 Å². The van der Waals surface area contributed by atoms with Crippen LogP contribution in [0.4, 0.5) is 0 Å². The fraction of sp³-hybridized carbons (Fsp3) is 0.261. The lowest BCUT2D eigenvalue weighted by Crippen LogP contribution is -2.18. The van der Waals surface area contributed by atoms with Gasteiger partial charge >= 0.3 is 11.9 Å². The molecule has 0 aliphatic heterocycles. The first kappa shape index (κ1) is 23.3. The number of rotatable bonds is 10. The summed E-state index contributed by atoms with van der Waals surface area (Å²) in [5.74, 6) is 0.310. The van der Waals surface area contributed by atoms with Gasteiger partial charge in [0.2, 0.25) is 0 Å². The van der Waals surface area contributed by atoms with E-state index in [2.05, 4.69) is 0 Å². The van der Waals surface area contributed by atoms with Crippen LogP contribution >= 0.6 is 0 Å². The van der Waals surface area contributed by atoms with Crippen molar-refractivity contribution in [2.24, 2.45) is 0 Å². The maximum Gasteiger partial charge on any atom is 0.349 e. The molecule has 0 aliphatic carbocycles. The summed E-state index contributed by atoms with van der Waals surface area (Å²) in [7, 11) is 1.56. The molecule has 0 radical (unpaired) electrons. The number of carbonyl (C=O) groups excluding carboxylic acids is 2. The summed E-state index contributed by atoms with van der Waals surface area (Å²) in [5.41, 5.74) is 0.365. The molecule has 0 spiro atoms. The molecular weight excluding hydrogens is 402 g/mol.